The van der Waals surface area contributed by atoms with Crippen molar-refractivity contribution in [3.05, 3.63) is 42.1 Å². The average Bonchev–Trinajstić information content (AvgIpc) is 3.32. The predicted octanol–water partition coefficient (Wildman–Crippen LogP) is 2.46. The van der Waals surface area contributed by atoms with Gasteiger partial charge in [0.25, 0.3) is 0 Å². The fourth-order valence-electron chi connectivity index (χ4n) is 3.78. The van der Waals surface area contributed by atoms with Crippen LogP contribution in [0.25, 0.3) is 17.1 Å². The minimum Gasteiger partial charge on any atom is -0.481 e. The van der Waals surface area contributed by atoms with Crippen molar-refractivity contribution in [1.29, 1.82) is 5.26 Å². The van der Waals surface area contributed by atoms with Crippen molar-refractivity contribution in [1.82, 2.24) is 28.8 Å². The number of sulfonamides is 1. The summed E-state index contributed by atoms with van der Waals surface area (Å²) in [6, 6.07) is 4.76. The standard InChI is InChI=1S/C21H21F3N8O3S/c1-35-18-4-3-17(15(9-25)29-18)31-11-16(27-12-31)19-14(21(22,23)24)10-26-20(30-19)28-13-5-7-32(8-6-13)36(2,33)34/h3-4,10-13H,5-8H2,1-2H3,(H,26,28,30). The number of piperidine rings is 1. The summed E-state index contributed by atoms with van der Waals surface area (Å²) in [6.45, 7) is 0.567. The van der Waals surface area contributed by atoms with E-state index < -0.39 is 27.5 Å². The van der Waals surface area contributed by atoms with Gasteiger partial charge in [-0.3, -0.25) is 0 Å². The predicted molar refractivity (Wildman–Crippen MR) is 122 cm³/mol. The van der Waals surface area contributed by atoms with E-state index in [-0.39, 0.29) is 42.3 Å². The summed E-state index contributed by atoms with van der Waals surface area (Å²) in [5, 5.41) is 12.4. The van der Waals surface area contributed by atoms with Gasteiger partial charge in [-0.2, -0.15) is 18.4 Å². The van der Waals surface area contributed by atoms with Crippen LogP contribution >= 0.6 is 0 Å². The zero-order valence-corrected chi connectivity index (χ0v) is 20.0. The molecule has 3 aromatic rings. The number of methoxy groups -OCH3 is 1. The third-order valence-corrected chi connectivity index (χ3v) is 6.92. The normalized spacial score (nSPS) is 15.4. The van der Waals surface area contributed by atoms with Gasteiger partial charge in [0.15, 0.2) is 5.69 Å². The molecule has 1 fully saturated rings. The number of hydrogen-bond donors (Lipinski definition) is 1. The first kappa shape index (κ1) is 25.3. The minimum absolute atomic E-state index is 0.000163. The Morgan fingerprint density at radius 3 is 2.53 bits per heavy atom. The molecule has 0 amide bonds. The Hall–Kier alpha value is -3.77. The molecule has 0 unspecified atom stereocenters. The third kappa shape index (κ3) is 5.39. The maximum absolute atomic E-state index is 13.7. The highest BCUT2D eigenvalue weighted by Crippen LogP contribution is 2.36. The summed E-state index contributed by atoms with van der Waals surface area (Å²) < 4.78 is 72.4. The van der Waals surface area contributed by atoms with Gasteiger partial charge in [0.1, 0.15) is 29.3 Å². The Labute approximate surface area is 204 Å². The van der Waals surface area contributed by atoms with Crippen molar-refractivity contribution in [2.24, 2.45) is 0 Å². The molecule has 1 N–H and O–H groups in total. The largest absolute Gasteiger partial charge is 0.481 e. The summed E-state index contributed by atoms with van der Waals surface area (Å²) in [4.78, 5) is 16.0. The summed E-state index contributed by atoms with van der Waals surface area (Å²) in [5.41, 5.74) is -1.29. The molecule has 4 rings (SSSR count). The molecule has 1 aliphatic heterocycles. The number of halogens is 3. The van der Waals surface area contributed by atoms with E-state index in [4.69, 9.17) is 4.74 Å². The molecule has 4 heterocycles. The third-order valence-electron chi connectivity index (χ3n) is 5.62. The highest BCUT2D eigenvalue weighted by atomic mass is 32.2. The van der Waals surface area contributed by atoms with Crippen LogP contribution in [-0.4, -0.2) is 69.7 Å². The molecule has 3 aromatic heterocycles. The Morgan fingerprint density at radius 1 is 1.19 bits per heavy atom. The van der Waals surface area contributed by atoms with Crippen molar-refractivity contribution in [2.45, 2.75) is 25.1 Å². The number of imidazole rings is 1. The second-order valence-electron chi connectivity index (χ2n) is 8.03. The van der Waals surface area contributed by atoms with Crippen molar-refractivity contribution in [3.63, 3.8) is 0 Å². The van der Waals surface area contributed by atoms with Gasteiger partial charge in [-0.05, 0) is 18.9 Å². The molecule has 1 saturated heterocycles. The van der Waals surface area contributed by atoms with Crippen LogP contribution in [0.4, 0.5) is 19.1 Å². The lowest BCUT2D eigenvalue weighted by Gasteiger charge is -2.30. The molecule has 0 atom stereocenters. The molecule has 0 spiro atoms. The zero-order chi connectivity index (χ0) is 26.1. The first-order valence-corrected chi connectivity index (χ1v) is 12.5. The molecule has 36 heavy (non-hydrogen) atoms. The lowest BCUT2D eigenvalue weighted by Crippen LogP contribution is -2.42. The van der Waals surface area contributed by atoms with Gasteiger partial charge in [0.05, 0.1) is 19.1 Å². The minimum atomic E-state index is -4.74. The molecule has 0 radical (unpaired) electrons. The van der Waals surface area contributed by atoms with Gasteiger partial charge in [-0.15, -0.1) is 0 Å². The van der Waals surface area contributed by atoms with Gasteiger partial charge in [-0.25, -0.2) is 32.7 Å². The van der Waals surface area contributed by atoms with E-state index in [0.717, 1.165) is 6.26 Å². The number of nitrogens with one attached hydrogen (secondary N) is 1. The van der Waals surface area contributed by atoms with E-state index in [1.165, 1.54) is 40.6 Å². The summed E-state index contributed by atoms with van der Waals surface area (Å²) >= 11 is 0. The summed E-state index contributed by atoms with van der Waals surface area (Å²) in [7, 11) is -1.91. The Kier molecular flexibility index (Phi) is 6.83. The number of aromatic nitrogens is 5. The van der Waals surface area contributed by atoms with E-state index >= 15 is 0 Å². The molecule has 0 aliphatic carbocycles. The number of hydrogen-bond acceptors (Lipinski definition) is 9. The van der Waals surface area contributed by atoms with Gasteiger partial charge in [0, 0.05) is 37.6 Å². The molecule has 11 nitrogen and oxygen atoms in total. The van der Waals surface area contributed by atoms with Crippen molar-refractivity contribution in [3.8, 4) is 29.0 Å². The highest BCUT2D eigenvalue weighted by molar-refractivity contribution is 7.88. The fourth-order valence-corrected chi connectivity index (χ4v) is 4.66. The van der Waals surface area contributed by atoms with Crippen LogP contribution in [0.1, 0.15) is 24.1 Å². The van der Waals surface area contributed by atoms with Crippen LogP contribution < -0.4 is 10.1 Å². The Morgan fingerprint density at radius 2 is 1.92 bits per heavy atom. The molecular weight excluding hydrogens is 501 g/mol. The lowest BCUT2D eigenvalue weighted by atomic mass is 10.1. The SMILES string of the molecule is COc1ccc(-n2cnc(-c3nc(NC4CCN(S(C)(=O)=O)CC4)ncc3C(F)(F)F)c2)c(C#N)n1. The lowest BCUT2D eigenvalue weighted by molar-refractivity contribution is -0.137. The zero-order valence-electron chi connectivity index (χ0n) is 19.2. The number of pyridine rings is 1. The van der Waals surface area contributed by atoms with Gasteiger partial charge in [-0.1, -0.05) is 0 Å². The molecule has 15 heteroatoms. The molecule has 0 aromatic carbocycles. The van der Waals surface area contributed by atoms with Crippen LogP contribution in [0.3, 0.4) is 0 Å². The Balaban J connectivity index is 1.64. The molecular formula is C21H21F3N8O3S. The van der Waals surface area contributed by atoms with Crippen molar-refractivity contribution >= 4 is 16.0 Å². The quantitative estimate of drug-likeness (QED) is 0.517. The second-order valence-corrected chi connectivity index (χ2v) is 10.0. The van der Waals surface area contributed by atoms with Gasteiger partial charge >= 0.3 is 6.18 Å². The maximum atomic E-state index is 13.7. The monoisotopic (exact) mass is 522 g/mol. The maximum Gasteiger partial charge on any atom is 0.420 e. The van der Waals surface area contributed by atoms with Gasteiger partial charge in [0.2, 0.25) is 21.9 Å². The van der Waals surface area contributed by atoms with Gasteiger partial charge < -0.3 is 14.6 Å². The molecule has 190 valence electrons. The molecule has 0 bridgehead atoms. The highest BCUT2D eigenvalue weighted by Gasteiger charge is 2.36. The van der Waals surface area contributed by atoms with Crippen LogP contribution in [0.2, 0.25) is 0 Å². The van der Waals surface area contributed by atoms with Crippen LogP contribution in [0.5, 0.6) is 5.88 Å². The van der Waals surface area contributed by atoms with Crippen molar-refractivity contribution < 1.29 is 26.3 Å². The molecule has 1 aliphatic rings. The van der Waals surface area contributed by atoms with Crippen LogP contribution in [0, 0.1) is 11.3 Å². The fraction of sp³-hybridized carbons (Fsp3) is 0.381. The van der Waals surface area contributed by atoms with Crippen molar-refractivity contribution in [2.75, 3.05) is 31.8 Å². The Bertz CT molecular complexity index is 1410. The second kappa shape index (κ2) is 9.70. The number of nitrogens with zero attached hydrogens (tertiary/aromatic N) is 7. The number of anilines is 1. The van der Waals surface area contributed by atoms with Crippen LogP contribution in [0.15, 0.2) is 30.9 Å². The first-order valence-electron chi connectivity index (χ1n) is 10.7. The average molecular weight is 523 g/mol. The topological polar surface area (TPSA) is 139 Å². The number of nitriles is 1. The first-order chi connectivity index (χ1) is 17.0. The smallest absolute Gasteiger partial charge is 0.420 e. The van der Waals surface area contributed by atoms with E-state index in [1.54, 1.807) is 0 Å². The number of rotatable bonds is 6. The molecule has 0 saturated carbocycles. The summed E-state index contributed by atoms with van der Waals surface area (Å²) in [5.74, 6) is 0.179. The van der Waals surface area contributed by atoms with E-state index in [9.17, 15) is 26.9 Å². The van der Waals surface area contributed by atoms with E-state index in [2.05, 4.69) is 25.3 Å². The van der Waals surface area contributed by atoms with E-state index in [1.807, 2.05) is 6.07 Å². The van der Waals surface area contributed by atoms with E-state index in [0.29, 0.717) is 24.7 Å². The van der Waals surface area contributed by atoms with Crippen LogP contribution in [-0.2, 0) is 16.2 Å². The number of ether oxygens (including phenoxy) is 1. The number of alkyl halides is 3. The summed E-state index contributed by atoms with van der Waals surface area (Å²) in [6.07, 6.45) is 0.549.